The lowest BCUT2D eigenvalue weighted by atomic mass is 10.3. The molecule has 5 rings (SSSR count). The fraction of sp³-hybridized carbons (Fsp3) is 0.421. The summed E-state index contributed by atoms with van der Waals surface area (Å²) in [7, 11) is -3.67. The largest absolute Gasteiger partial charge is 0.490 e. The molecule has 2 aromatic heterocycles. The van der Waals surface area contributed by atoms with Crippen LogP contribution in [0.15, 0.2) is 45.4 Å². The Morgan fingerprint density at radius 1 is 1.00 bits per heavy atom. The van der Waals surface area contributed by atoms with Crippen LogP contribution in [0, 0.1) is 0 Å². The van der Waals surface area contributed by atoms with Crippen molar-refractivity contribution in [3.8, 4) is 16.5 Å². The molecule has 0 bridgehead atoms. The number of thiophene rings is 1. The number of benzene rings is 1. The molecular weight excluding hydrogens is 456 g/mol. The van der Waals surface area contributed by atoms with E-state index in [1.807, 2.05) is 16.3 Å². The molecule has 1 fully saturated rings. The number of sulfonamides is 1. The fourth-order valence-corrected chi connectivity index (χ4v) is 5.75. The zero-order valence-corrected chi connectivity index (χ0v) is 18.8. The summed E-state index contributed by atoms with van der Waals surface area (Å²) in [4.78, 5) is 14.7. The number of fused-ring (bicyclic) bond motifs is 1. The van der Waals surface area contributed by atoms with E-state index in [0.717, 1.165) is 6.42 Å². The Morgan fingerprint density at radius 2 is 1.78 bits per heavy atom. The number of aromatic nitrogens is 4. The normalized spacial score (nSPS) is 17.9. The van der Waals surface area contributed by atoms with Gasteiger partial charge in [0.2, 0.25) is 10.0 Å². The van der Waals surface area contributed by atoms with Gasteiger partial charge in [0.05, 0.1) is 18.1 Å². The minimum atomic E-state index is -3.67. The minimum absolute atomic E-state index is 0.185. The maximum Gasteiger partial charge on any atom is 0.370 e. The van der Waals surface area contributed by atoms with Crippen molar-refractivity contribution in [1.29, 1.82) is 0 Å². The summed E-state index contributed by atoms with van der Waals surface area (Å²) < 4.78 is 41.5. The molecular formula is C19H22N6O5S2. The van der Waals surface area contributed by atoms with Gasteiger partial charge < -0.3 is 9.47 Å². The number of nitrogens with zero attached hydrogens (tertiary/aromatic N) is 6. The molecule has 0 unspecified atom stereocenters. The van der Waals surface area contributed by atoms with Crippen LogP contribution in [0.3, 0.4) is 0 Å². The Hall–Kier alpha value is -2.74. The van der Waals surface area contributed by atoms with Crippen LogP contribution in [0.2, 0.25) is 0 Å². The van der Waals surface area contributed by atoms with E-state index in [4.69, 9.17) is 9.47 Å². The SMILES string of the molecule is O=c1n(CN2CCN(S(=O)(=O)c3ccc4c(c3)OCCCO4)CC2)nnn1-c1cccs1. The zero-order valence-electron chi connectivity index (χ0n) is 17.2. The van der Waals surface area contributed by atoms with Gasteiger partial charge in [0, 0.05) is 38.7 Å². The Balaban J connectivity index is 1.25. The van der Waals surface area contributed by atoms with Crippen LogP contribution >= 0.6 is 11.3 Å². The second kappa shape index (κ2) is 8.65. The van der Waals surface area contributed by atoms with Crippen LogP contribution in [0.4, 0.5) is 0 Å². The molecule has 1 aromatic carbocycles. The molecule has 0 N–H and O–H groups in total. The Labute approximate surface area is 188 Å². The minimum Gasteiger partial charge on any atom is -0.490 e. The molecule has 0 aliphatic carbocycles. The molecule has 0 spiro atoms. The quantitative estimate of drug-likeness (QED) is 0.525. The molecule has 170 valence electrons. The van der Waals surface area contributed by atoms with E-state index in [1.165, 1.54) is 31.1 Å². The van der Waals surface area contributed by atoms with E-state index in [1.54, 1.807) is 18.2 Å². The first-order valence-electron chi connectivity index (χ1n) is 10.2. The summed E-state index contributed by atoms with van der Waals surface area (Å²) in [5.41, 5.74) is -0.324. The molecule has 2 aliphatic heterocycles. The van der Waals surface area contributed by atoms with Crippen LogP contribution in [-0.2, 0) is 16.7 Å². The van der Waals surface area contributed by atoms with Gasteiger partial charge in [0.1, 0.15) is 11.7 Å². The predicted octanol–water partition coefficient (Wildman–Crippen LogP) is 0.616. The Bertz CT molecular complexity index is 1250. The van der Waals surface area contributed by atoms with Gasteiger partial charge in [-0.25, -0.2) is 13.2 Å². The predicted molar refractivity (Wildman–Crippen MR) is 116 cm³/mol. The number of ether oxygens (including phenoxy) is 2. The van der Waals surface area contributed by atoms with Crippen molar-refractivity contribution in [2.75, 3.05) is 39.4 Å². The van der Waals surface area contributed by atoms with Crippen molar-refractivity contribution in [3.05, 3.63) is 46.2 Å². The Kier molecular flexibility index (Phi) is 5.71. The summed E-state index contributed by atoms with van der Waals surface area (Å²) >= 11 is 1.40. The highest BCUT2D eigenvalue weighted by Gasteiger charge is 2.30. The summed E-state index contributed by atoms with van der Waals surface area (Å²) in [5, 5.41) is 10.5. The van der Waals surface area contributed by atoms with Gasteiger partial charge in [-0.3, -0.25) is 4.90 Å². The van der Waals surface area contributed by atoms with Crippen molar-refractivity contribution in [1.82, 2.24) is 29.0 Å². The molecule has 0 atom stereocenters. The van der Waals surface area contributed by atoms with Crippen molar-refractivity contribution in [2.24, 2.45) is 0 Å². The van der Waals surface area contributed by atoms with E-state index >= 15 is 0 Å². The first-order valence-corrected chi connectivity index (χ1v) is 12.5. The van der Waals surface area contributed by atoms with E-state index in [9.17, 15) is 13.2 Å². The second-order valence-electron chi connectivity index (χ2n) is 7.45. The van der Waals surface area contributed by atoms with Crippen LogP contribution in [0.5, 0.6) is 11.5 Å². The number of hydrogen-bond acceptors (Lipinski definition) is 9. The van der Waals surface area contributed by atoms with Crippen LogP contribution in [-0.4, -0.2) is 76.8 Å². The van der Waals surface area contributed by atoms with Crippen LogP contribution < -0.4 is 15.2 Å². The third kappa shape index (κ3) is 4.03. The molecule has 3 aromatic rings. The maximum absolute atomic E-state index is 13.1. The molecule has 0 radical (unpaired) electrons. The highest BCUT2D eigenvalue weighted by molar-refractivity contribution is 7.89. The van der Waals surface area contributed by atoms with Gasteiger partial charge in [-0.15, -0.1) is 11.3 Å². The number of rotatable bonds is 5. The van der Waals surface area contributed by atoms with Gasteiger partial charge in [0.15, 0.2) is 11.5 Å². The van der Waals surface area contributed by atoms with E-state index in [2.05, 4.69) is 10.4 Å². The van der Waals surface area contributed by atoms with E-state index in [-0.39, 0.29) is 17.3 Å². The van der Waals surface area contributed by atoms with Crippen LogP contribution in [0.25, 0.3) is 5.00 Å². The standard InChI is InChI=1S/C19H22N6O5S2/c26-19-24(20-21-25(19)18-3-1-12-31-18)14-22-6-8-23(9-7-22)32(27,28)15-4-5-16-17(13-15)30-11-2-10-29-16/h1,3-5,12-13H,2,6-11,14H2. The number of piperazine rings is 1. The average Bonchev–Trinajstić information content (AvgIpc) is 3.38. The second-order valence-corrected chi connectivity index (χ2v) is 10.3. The topological polar surface area (TPSA) is 112 Å². The lowest BCUT2D eigenvalue weighted by molar-refractivity contribution is 0.142. The van der Waals surface area contributed by atoms with Crippen molar-refractivity contribution < 1.29 is 17.9 Å². The molecule has 2 aliphatic rings. The molecule has 0 saturated carbocycles. The average molecular weight is 479 g/mol. The van der Waals surface area contributed by atoms with Gasteiger partial charge in [-0.05, 0) is 40.1 Å². The molecule has 32 heavy (non-hydrogen) atoms. The van der Waals surface area contributed by atoms with Crippen LogP contribution in [0.1, 0.15) is 6.42 Å². The molecule has 0 amide bonds. The van der Waals surface area contributed by atoms with Gasteiger partial charge >= 0.3 is 5.69 Å². The van der Waals surface area contributed by atoms with Crippen molar-refractivity contribution >= 4 is 21.4 Å². The third-order valence-electron chi connectivity index (χ3n) is 5.38. The first-order chi connectivity index (χ1) is 15.5. The third-order valence-corrected chi connectivity index (χ3v) is 8.11. The number of hydrogen-bond donors (Lipinski definition) is 0. The Morgan fingerprint density at radius 3 is 2.53 bits per heavy atom. The maximum atomic E-state index is 13.1. The first kappa shape index (κ1) is 21.1. The lowest BCUT2D eigenvalue weighted by Crippen LogP contribution is -2.49. The molecule has 13 heteroatoms. The summed E-state index contributed by atoms with van der Waals surface area (Å²) in [6.07, 6.45) is 0.753. The van der Waals surface area contributed by atoms with E-state index in [0.29, 0.717) is 55.9 Å². The molecule has 1 saturated heterocycles. The number of tetrazole rings is 1. The van der Waals surface area contributed by atoms with Gasteiger partial charge in [-0.2, -0.15) is 13.7 Å². The van der Waals surface area contributed by atoms with Crippen molar-refractivity contribution in [3.63, 3.8) is 0 Å². The lowest BCUT2D eigenvalue weighted by Gasteiger charge is -2.33. The van der Waals surface area contributed by atoms with E-state index < -0.39 is 10.0 Å². The smallest absolute Gasteiger partial charge is 0.370 e. The molecule has 4 heterocycles. The zero-order chi connectivity index (χ0) is 22.1. The van der Waals surface area contributed by atoms with Gasteiger partial charge in [-0.1, -0.05) is 0 Å². The van der Waals surface area contributed by atoms with Crippen molar-refractivity contribution in [2.45, 2.75) is 18.0 Å². The summed E-state index contributed by atoms with van der Waals surface area (Å²) in [6.45, 7) is 2.86. The fourth-order valence-electron chi connectivity index (χ4n) is 3.65. The molecule has 11 nitrogen and oxygen atoms in total. The highest BCUT2D eigenvalue weighted by atomic mass is 32.2. The highest BCUT2D eigenvalue weighted by Crippen LogP contribution is 2.33. The van der Waals surface area contributed by atoms with Gasteiger partial charge in [0.25, 0.3) is 0 Å². The summed E-state index contributed by atoms with van der Waals surface area (Å²) in [6, 6.07) is 8.37. The summed E-state index contributed by atoms with van der Waals surface area (Å²) in [5.74, 6) is 1.02. The monoisotopic (exact) mass is 478 g/mol.